The van der Waals surface area contributed by atoms with Gasteiger partial charge in [0.05, 0.1) is 6.21 Å². The van der Waals surface area contributed by atoms with Gasteiger partial charge in [-0.15, -0.1) is 0 Å². The maximum atomic E-state index is 12.6. The minimum atomic E-state index is -0.310. The van der Waals surface area contributed by atoms with E-state index in [1.807, 2.05) is 0 Å². The molecule has 1 aromatic heterocycles. The molecule has 2 rings (SSSR count). The molecule has 0 amide bonds. The van der Waals surface area contributed by atoms with Crippen LogP contribution in [0.3, 0.4) is 0 Å². The third-order valence-electron chi connectivity index (χ3n) is 1.85. The van der Waals surface area contributed by atoms with Crippen LogP contribution in [0, 0.1) is 5.82 Å². The first-order valence-corrected chi connectivity index (χ1v) is 4.19. The van der Waals surface area contributed by atoms with Crippen LogP contribution in [0.2, 0.25) is 0 Å². The van der Waals surface area contributed by atoms with E-state index >= 15 is 0 Å². The van der Waals surface area contributed by atoms with Gasteiger partial charge in [0.25, 0.3) is 0 Å². The number of oxime groups is 1. The molecule has 0 fully saturated rings. The van der Waals surface area contributed by atoms with Crippen molar-refractivity contribution in [3.8, 4) is 11.3 Å². The molecule has 0 atom stereocenters. The molecule has 1 N–H and O–H groups in total. The standard InChI is InChI=1S/C10H7FN2O2/c11-8-3-1-7(2-4-8)10-5-9(6-12-14)13-15-10/h1-6,14H/b12-6-. The third-order valence-corrected chi connectivity index (χ3v) is 1.85. The molecular formula is C10H7FN2O2. The molecule has 76 valence electrons. The van der Waals surface area contributed by atoms with Gasteiger partial charge in [0.15, 0.2) is 5.76 Å². The minimum absolute atomic E-state index is 0.310. The molecule has 0 aliphatic rings. The summed E-state index contributed by atoms with van der Waals surface area (Å²) in [5.74, 6) is 0.181. The van der Waals surface area contributed by atoms with Gasteiger partial charge in [0.2, 0.25) is 0 Å². The Labute approximate surface area is 84.6 Å². The highest BCUT2D eigenvalue weighted by Gasteiger charge is 2.05. The number of nitrogens with zero attached hydrogens (tertiary/aromatic N) is 2. The second-order valence-electron chi connectivity index (χ2n) is 2.87. The predicted octanol–water partition coefficient (Wildman–Crippen LogP) is 2.29. The van der Waals surface area contributed by atoms with Crippen molar-refractivity contribution < 1.29 is 14.1 Å². The lowest BCUT2D eigenvalue weighted by Gasteiger charge is -1.93. The molecule has 0 spiro atoms. The summed E-state index contributed by atoms with van der Waals surface area (Å²) in [5, 5.41) is 14.7. The van der Waals surface area contributed by atoms with Crippen LogP contribution < -0.4 is 0 Å². The maximum Gasteiger partial charge on any atom is 0.167 e. The molecule has 0 saturated heterocycles. The Morgan fingerprint density at radius 2 is 2.07 bits per heavy atom. The third kappa shape index (κ3) is 2.01. The Morgan fingerprint density at radius 3 is 2.73 bits per heavy atom. The zero-order chi connectivity index (χ0) is 10.7. The van der Waals surface area contributed by atoms with Crippen molar-refractivity contribution in [2.45, 2.75) is 0 Å². The summed E-state index contributed by atoms with van der Waals surface area (Å²) in [6.07, 6.45) is 1.15. The Hall–Kier alpha value is -2.17. The first kappa shape index (κ1) is 9.39. The van der Waals surface area contributed by atoms with Crippen molar-refractivity contribution in [1.82, 2.24) is 5.16 Å². The van der Waals surface area contributed by atoms with Gasteiger partial charge in [-0.25, -0.2) is 4.39 Å². The minimum Gasteiger partial charge on any atom is -0.411 e. The van der Waals surface area contributed by atoms with E-state index in [-0.39, 0.29) is 5.82 Å². The van der Waals surface area contributed by atoms with Crippen LogP contribution in [0.15, 0.2) is 40.0 Å². The molecule has 2 aromatic rings. The fourth-order valence-corrected chi connectivity index (χ4v) is 1.16. The number of hydrogen-bond donors (Lipinski definition) is 1. The molecule has 0 unspecified atom stereocenters. The van der Waals surface area contributed by atoms with Gasteiger partial charge in [-0.05, 0) is 24.3 Å². The monoisotopic (exact) mass is 206 g/mol. The Kier molecular flexibility index (Phi) is 2.45. The van der Waals surface area contributed by atoms with E-state index in [9.17, 15) is 4.39 Å². The number of benzene rings is 1. The normalized spacial score (nSPS) is 11.0. The van der Waals surface area contributed by atoms with Crippen molar-refractivity contribution in [1.29, 1.82) is 0 Å². The van der Waals surface area contributed by atoms with E-state index in [1.165, 1.54) is 12.1 Å². The first-order valence-electron chi connectivity index (χ1n) is 4.19. The van der Waals surface area contributed by atoms with Crippen LogP contribution in [0.5, 0.6) is 0 Å². The van der Waals surface area contributed by atoms with Gasteiger partial charge >= 0.3 is 0 Å². The number of halogens is 1. The number of rotatable bonds is 2. The highest BCUT2D eigenvalue weighted by Crippen LogP contribution is 2.19. The SMILES string of the molecule is O/N=C\c1cc(-c2ccc(F)cc2)on1. The van der Waals surface area contributed by atoms with Gasteiger partial charge in [-0.2, -0.15) is 0 Å². The largest absolute Gasteiger partial charge is 0.411 e. The van der Waals surface area contributed by atoms with E-state index in [0.717, 1.165) is 6.21 Å². The Bertz CT molecular complexity index is 476. The zero-order valence-electron chi connectivity index (χ0n) is 7.59. The second-order valence-corrected chi connectivity index (χ2v) is 2.87. The lowest BCUT2D eigenvalue weighted by molar-refractivity contribution is 0.321. The van der Waals surface area contributed by atoms with Gasteiger partial charge in [0.1, 0.15) is 11.5 Å². The van der Waals surface area contributed by atoms with Gasteiger partial charge in [-0.3, -0.25) is 0 Å². The van der Waals surface area contributed by atoms with Gasteiger partial charge in [-0.1, -0.05) is 10.3 Å². The van der Waals surface area contributed by atoms with Crippen LogP contribution in [-0.4, -0.2) is 16.6 Å². The summed E-state index contributed by atoms with van der Waals surface area (Å²) >= 11 is 0. The van der Waals surface area contributed by atoms with E-state index in [1.54, 1.807) is 18.2 Å². The summed E-state index contributed by atoms with van der Waals surface area (Å²) in [7, 11) is 0. The molecule has 4 nitrogen and oxygen atoms in total. The van der Waals surface area contributed by atoms with E-state index in [0.29, 0.717) is 17.0 Å². The number of aromatic nitrogens is 1. The Morgan fingerprint density at radius 1 is 1.33 bits per heavy atom. The second kappa shape index (κ2) is 3.91. The summed E-state index contributed by atoms with van der Waals surface area (Å²) in [4.78, 5) is 0. The molecule has 0 bridgehead atoms. The average molecular weight is 206 g/mol. The van der Waals surface area contributed by atoms with Crippen LogP contribution in [-0.2, 0) is 0 Å². The fraction of sp³-hybridized carbons (Fsp3) is 0. The highest BCUT2D eigenvalue weighted by atomic mass is 19.1. The molecule has 1 aromatic carbocycles. The van der Waals surface area contributed by atoms with Crippen molar-refractivity contribution in [3.05, 3.63) is 41.8 Å². The molecule has 0 saturated carbocycles. The van der Waals surface area contributed by atoms with Crippen molar-refractivity contribution >= 4 is 6.21 Å². The quantitative estimate of drug-likeness (QED) is 0.466. The highest BCUT2D eigenvalue weighted by molar-refractivity contribution is 5.78. The maximum absolute atomic E-state index is 12.6. The lowest BCUT2D eigenvalue weighted by atomic mass is 10.1. The molecule has 0 aliphatic carbocycles. The molecule has 0 radical (unpaired) electrons. The number of hydrogen-bond acceptors (Lipinski definition) is 4. The van der Waals surface area contributed by atoms with Crippen molar-refractivity contribution in [2.75, 3.05) is 0 Å². The molecule has 1 heterocycles. The van der Waals surface area contributed by atoms with Crippen molar-refractivity contribution in [3.63, 3.8) is 0 Å². The molecule has 5 heteroatoms. The summed E-state index contributed by atoms with van der Waals surface area (Å²) in [6, 6.07) is 7.41. The Balaban J connectivity index is 2.33. The van der Waals surface area contributed by atoms with E-state index < -0.39 is 0 Å². The smallest absolute Gasteiger partial charge is 0.167 e. The molecular weight excluding hydrogens is 199 g/mol. The van der Waals surface area contributed by atoms with Crippen LogP contribution in [0.4, 0.5) is 4.39 Å². The van der Waals surface area contributed by atoms with Gasteiger partial charge < -0.3 is 9.73 Å². The zero-order valence-corrected chi connectivity index (χ0v) is 7.59. The van der Waals surface area contributed by atoms with E-state index in [2.05, 4.69) is 10.3 Å². The lowest BCUT2D eigenvalue weighted by Crippen LogP contribution is -1.77. The fourth-order valence-electron chi connectivity index (χ4n) is 1.16. The molecule has 15 heavy (non-hydrogen) atoms. The summed E-state index contributed by atoms with van der Waals surface area (Å²) in [5.41, 5.74) is 1.11. The first-order chi connectivity index (χ1) is 7.29. The topological polar surface area (TPSA) is 58.6 Å². The average Bonchev–Trinajstić information content (AvgIpc) is 2.68. The predicted molar refractivity (Wildman–Crippen MR) is 51.3 cm³/mol. The van der Waals surface area contributed by atoms with Crippen LogP contribution in [0.1, 0.15) is 5.69 Å². The summed E-state index contributed by atoms with van der Waals surface area (Å²) in [6.45, 7) is 0. The molecule has 0 aliphatic heterocycles. The van der Waals surface area contributed by atoms with Crippen LogP contribution in [0.25, 0.3) is 11.3 Å². The van der Waals surface area contributed by atoms with Crippen molar-refractivity contribution in [2.24, 2.45) is 5.16 Å². The van der Waals surface area contributed by atoms with Gasteiger partial charge in [0, 0.05) is 11.6 Å². The van der Waals surface area contributed by atoms with E-state index in [4.69, 9.17) is 9.73 Å². The van der Waals surface area contributed by atoms with Crippen LogP contribution >= 0.6 is 0 Å². The summed E-state index contributed by atoms with van der Waals surface area (Å²) < 4.78 is 17.6.